The second-order valence-electron chi connectivity index (χ2n) is 6.53. The number of rotatable bonds is 5. The maximum absolute atomic E-state index is 12.2. The largest absolute Gasteiger partial charge is 0.465 e. The molecule has 1 heterocycles. The lowest BCUT2D eigenvalue weighted by atomic mass is 9.98. The molecule has 134 valence electrons. The molecule has 0 saturated carbocycles. The summed E-state index contributed by atoms with van der Waals surface area (Å²) in [7, 11) is 0. The Labute approximate surface area is 148 Å². The van der Waals surface area contributed by atoms with Crippen LogP contribution in [0.5, 0.6) is 0 Å². The van der Waals surface area contributed by atoms with Gasteiger partial charge < -0.3 is 14.5 Å². The Balaban J connectivity index is 2.06. The lowest BCUT2D eigenvalue weighted by Gasteiger charge is -2.16. The van der Waals surface area contributed by atoms with E-state index < -0.39 is 5.97 Å². The number of para-hydroxylation sites is 1. The molecule has 2 rings (SSSR count). The van der Waals surface area contributed by atoms with Crippen molar-refractivity contribution in [3.05, 3.63) is 52.0 Å². The van der Waals surface area contributed by atoms with Gasteiger partial charge in [-0.2, -0.15) is 0 Å². The van der Waals surface area contributed by atoms with Crippen LogP contribution in [0.2, 0.25) is 0 Å². The highest BCUT2D eigenvalue weighted by Crippen LogP contribution is 2.27. The van der Waals surface area contributed by atoms with Crippen LogP contribution in [0.4, 0.5) is 5.69 Å². The van der Waals surface area contributed by atoms with Crippen molar-refractivity contribution in [1.29, 1.82) is 0 Å². The van der Waals surface area contributed by atoms with E-state index in [9.17, 15) is 9.59 Å². The molecule has 0 unspecified atom stereocenters. The molecule has 2 aromatic rings. The van der Waals surface area contributed by atoms with E-state index in [2.05, 4.69) is 19.2 Å². The van der Waals surface area contributed by atoms with Gasteiger partial charge in [-0.25, -0.2) is 4.79 Å². The maximum atomic E-state index is 12.2. The van der Waals surface area contributed by atoms with E-state index in [1.54, 1.807) is 20.8 Å². The lowest BCUT2D eigenvalue weighted by Crippen LogP contribution is -2.22. The van der Waals surface area contributed by atoms with Crippen molar-refractivity contribution in [1.82, 2.24) is 0 Å². The highest BCUT2D eigenvalue weighted by molar-refractivity contribution is 5.97. The van der Waals surface area contributed by atoms with Crippen molar-refractivity contribution in [3.8, 4) is 0 Å². The molecule has 0 aliphatic carbocycles. The molecule has 0 atom stereocenters. The quantitative estimate of drug-likeness (QED) is 0.815. The Morgan fingerprint density at radius 3 is 2.36 bits per heavy atom. The second kappa shape index (κ2) is 7.55. The van der Waals surface area contributed by atoms with E-state index in [-0.39, 0.29) is 18.4 Å². The molecule has 1 aromatic heterocycles. The van der Waals surface area contributed by atoms with Crippen LogP contribution < -0.4 is 5.32 Å². The Morgan fingerprint density at radius 1 is 1.12 bits per heavy atom. The van der Waals surface area contributed by atoms with Crippen molar-refractivity contribution < 1.29 is 18.7 Å². The van der Waals surface area contributed by atoms with Crippen LogP contribution in [0.15, 0.2) is 22.6 Å². The smallest absolute Gasteiger partial charge is 0.342 e. The van der Waals surface area contributed by atoms with Gasteiger partial charge in [0.1, 0.15) is 17.1 Å². The number of anilines is 1. The standard InChI is InChI=1S/C20H25NO4/c1-11(2)16-9-7-8-12(3)19(16)21-17(22)10-24-20(23)18-13(4)14(5)25-15(18)6/h7-9,11H,10H2,1-6H3,(H,21,22). The number of hydrogen-bond donors (Lipinski definition) is 1. The predicted molar refractivity (Wildman–Crippen MR) is 97.1 cm³/mol. The molecule has 0 fully saturated rings. The Bertz CT molecular complexity index is 802. The number of carbonyl (C=O) groups excluding carboxylic acids is 2. The van der Waals surface area contributed by atoms with Crippen LogP contribution in [0.1, 0.15) is 58.3 Å². The summed E-state index contributed by atoms with van der Waals surface area (Å²) < 4.78 is 10.6. The summed E-state index contributed by atoms with van der Waals surface area (Å²) in [5, 5.41) is 2.86. The number of benzene rings is 1. The zero-order valence-corrected chi connectivity index (χ0v) is 15.6. The van der Waals surface area contributed by atoms with Gasteiger partial charge in [0.25, 0.3) is 5.91 Å². The zero-order chi connectivity index (χ0) is 18.7. The van der Waals surface area contributed by atoms with Gasteiger partial charge in [0.05, 0.1) is 0 Å². The van der Waals surface area contributed by atoms with Gasteiger partial charge in [-0.15, -0.1) is 0 Å². The summed E-state index contributed by atoms with van der Waals surface area (Å²) in [6, 6.07) is 5.89. The predicted octanol–water partition coefficient (Wildman–Crippen LogP) is 4.43. The average Bonchev–Trinajstić information content (AvgIpc) is 2.79. The van der Waals surface area contributed by atoms with Gasteiger partial charge in [-0.05, 0) is 44.7 Å². The summed E-state index contributed by atoms with van der Waals surface area (Å²) in [4.78, 5) is 24.5. The number of aryl methyl sites for hydroxylation is 3. The van der Waals surface area contributed by atoms with Crippen molar-refractivity contribution >= 4 is 17.6 Å². The minimum atomic E-state index is -0.545. The molecule has 5 heteroatoms. The molecular formula is C20H25NO4. The Hall–Kier alpha value is -2.56. The van der Waals surface area contributed by atoms with Crippen molar-refractivity contribution in [2.45, 2.75) is 47.5 Å². The fourth-order valence-corrected chi connectivity index (χ4v) is 2.82. The molecule has 0 saturated heterocycles. The van der Waals surface area contributed by atoms with Gasteiger partial charge >= 0.3 is 5.97 Å². The first kappa shape index (κ1) is 18.8. The third kappa shape index (κ3) is 4.10. The molecule has 5 nitrogen and oxygen atoms in total. The minimum Gasteiger partial charge on any atom is -0.465 e. The van der Waals surface area contributed by atoms with E-state index >= 15 is 0 Å². The molecule has 0 radical (unpaired) electrons. The zero-order valence-electron chi connectivity index (χ0n) is 15.6. The van der Waals surface area contributed by atoms with Gasteiger partial charge in [-0.3, -0.25) is 4.79 Å². The molecule has 0 aliphatic heterocycles. The first-order chi connectivity index (χ1) is 11.7. The number of amides is 1. The number of furan rings is 1. The number of carbonyl (C=O) groups is 2. The fourth-order valence-electron chi connectivity index (χ4n) is 2.82. The van der Waals surface area contributed by atoms with Gasteiger partial charge in [-0.1, -0.05) is 32.0 Å². The number of hydrogen-bond acceptors (Lipinski definition) is 4. The van der Waals surface area contributed by atoms with Crippen LogP contribution in [0, 0.1) is 27.7 Å². The number of ether oxygens (including phenoxy) is 1. The first-order valence-electron chi connectivity index (χ1n) is 8.35. The fraction of sp³-hybridized carbons (Fsp3) is 0.400. The summed E-state index contributed by atoms with van der Waals surface area (Å²) in [5.74, 6) is 0.546. The van der Waals surface area contributed by atoms with Crippen molar-refractivity contribution in [3.63, 3.8) is 0 Å². The van der Waals surface area contributed by atoms with Gasteiger partial charge in [0.2, 0.25) is 0 Å². The summed E-state index contributed by atoms with van der Waals surface area (Å²) in [6.07, 6.45) is 0. The third-order valence-electron chi connectivity index (χ3n) is 4.29. The number of nitrogens with one attached hydrogen (secondary N) is 1. The summed E-state index contributed by atoms with van der Waals surface area (Å²) in [6.45, 7) is 11.0. The average molecular weight is 343 g/mol. The monoisotopic (exact) mass is 343 g/mol. The van der Waals surface area contributed by atoms with Gasteiger partial charge in [0, 0.05) is 11.3 Å². The molecule has 0 aliphatic rings. The topological polar surface area (TPSA) is 68.5 Å². The minimum absolute atomic E-state index is 0.275. The van der Waals surface area contributed by atoms with Crippen LogP contribution in [-0.2, 0) is 9.53 Å². The lowest BCUT2D eigenvalue weighted by molar-refractivity contribution is -0.119. The van der Waals surface area contributed by atoms with Crippen molar-refractivity contribution in [2.75, 3.05) is 11.9 Å². The second-order valence-corrected chi connectivity index (χ2v) is 6.53. The highest BCUT2D eigenvalue weighted by Gasteiger charge is 2.21. The van der Waals surface area contributed by atoms with Crippen LogP contribution in [-0.4, -0.2) is 18.5 Å². The van der Waals surface area contributed by atoms with E-state index in [1.165, 1.54) is 0 Å². The summed E-state index contributed by atoms with van der Waals surface area (Å²) in [5.41, 5.74) is 3.94. The van der Waals surface area contributed by atoms with Crippen LogP contribution in [0.3, 0.4) is 0 Å². The highest BCUT2D eigenvalue weighted by atomic mass is 16.5. The van der Waals surface area contributed by atoms with E-state index in [0.29, 0.717) is 17.1 Å². The van der Waals surface area contributed by atoms with E-state index in [0.717, 1.165) is 22.4 Å². The van der Waals surface area contributed by atoms with Crippen molar-refractivity contribution in [2.24, 2.45) is 0 Å². The first-order valence-corrected chi connectivity index (χ1v) is 8.35. The molecule has 1 aromatic carbocycles. The molecule has 0 bridgehead atoms. The molecule has 0 spiro atoms. The Morgan fingerprint density at radius 2 is 1.80 bits per heavy atom. The molecule has 1 amide bonds. The molecule has 25 heavy (non-hydrogen) atoms. The number of esters is 1. The van der Waals surface area contributed by atoms with E-state index in [1.807, 2.05) is 25.1 Å². The van der Waals surface area contributed by atoms with Gasteiger partial charge in [0.15, 0.2) is 6.61 Å². The Kier molecular flexibility index (Phi) is 5.67. The normalized spacial score (nSPS) is 10.8. The maximum Gasteiger partial charge on any atom is 0.342 e. The molecular weight excluding hydrogens is 318 g/mol. The molecule has 1 N–H and O–H groups in total. The van der Waals surface area contributed by atoms with Crippen LogP contribution >= 0.6 is 0 Å². The third-order valence-corrected chi connectivity index (χ3v) is 4.29. The SMILES string of the molecule is Cc1cccc(C(C)C)c1NC(=O)COC(=O)c1c(C)oc(C)c1C. The van der Waals surface area contributed by atoms with E-state index in [4.69, 9.17) is 9.15 Å². The van der Waals surface area contributed by atoms with Crippen LogP contribution in [0.25, 0.3) is 0 Å². The summed E-state index contributed by atoms with van der Waals surface area (Å²) >= 11 is 0.